The van der Waals surface area contributed by atoms with Gasteiger partial charge in [0.15, 0.2) is 0 Å². The SMILES string of the molecule is C=C(C[C@@](O)(C(=O)OCC)C(F)(F)F)c1ccc(Cl)cc1. The Morgan fingerprint density at radius 3 is 2.29 bits per heavy atom. The number of ether oxygens (including phenoxy) is 1. The van der Waals surface area contributed by atoms with Crippen molar-refractivity contribution in [3.8, 4) is 0 Å². The van der Waals surface area contributed by atoms with E-state index in [1.807, 2.05) is 0 Å². The quantitative estimate of drug-likeness (QED) is 0.843. The van der Waals surface area contributed by atoms with Gasteiger partial charge in [-0.15, -0.1) is 0 Å². The van der Waals surface area contributed by atoms with Crippen LogP contribution in [0.5, 0.6) is 0 Å². The van der Waals surface area contributed by atoms with Gasteiger partial charge in [-0.3, -0.25) is 0 Å². The van der Waals surface area contributed by atoms with E-state index < -0.39 is 24.2 Å². The third kappa shape index (κ3) is 3.98. The molecule has 1 rings (SSSR count). The fourth-order valence-electron chi connectivity index (χ4n) is 1.64. The molecule has 1 aromatic rings. The van der Waals surface area contributed by atoms with Crippen LogP contribution < -0.4 is 0 Å². The highest BCUT2D eigenvalue weighted by Gasteiger charge is 2.60. The van der Waals surface area contributed by atoms with Gasteiger partial charge >= 0.3 is 12.1 Å². The molecule has 116 valence electrons. The van der Waals surface area contributed by atoms with Gasteiger partial charge in [0.05, 0.1) is 6.61 Å². The smallest absolute Gasteiger partial charge is 0.428 e. The van der Waals surface area contributed by atoms with Crippen LogP contribution in [0, 0.1) is 0 Å². The molecule has 1 N–H and O–H groups in total. The number of carbonyl (C=O) groups excluding carboxylic acids is 1. The first-order chi connectivity index (χ1) is 9.61. The van der Waals surface area contributed by atoms with Gasteiger partial charge in [0.1, 0.15) is 0 Å². The van der Waals surface area contributed by atoms with Crippen LogP contribution in [0.3, 0.4) is 0 Å². The Labute approximate surface area is 125 Å². The second-order valence-corrected chi connectivity index (χ2v) is 4.80. The van der Waals surface area contributed by atoms with Crippen molar-refractivity contribution >= 4 is 23.1 Å². The van der Waals surface area contributed by atoms with E-state index in [4.69, 9.17) is 11.6 Å². The number of hydrogen-bond acceptors (Lipinski definition) is 3. The van der Waals surface area contributed by atoms with Gasteiger partial charge in [-0.1, -0.05) is 30.3 Å². The average molecular weight is 323 g/mol. The molecule has 1 aromatic carbocycles. The predicted octanol–water partition coefficient (Wildman–Crippen LogP) is 3.60. The zero-order valence-electron chi connectivity index (χ0n) is 11.2. The number of benzene rings is 1. The highest BCUT2D eigenvalue weighted by atomic mass is 35.5. The summed E-state index contributed by atoms with van der Waals surface area (Å²) < 4.78 is 43.3. The molecule has 0 saturated carbocycles. The fourth-order valence-corrected chi connectivity index (χ4v) is 1.76. The molecule has 7 heteroatoms. The molecule has 0 radical (unpaired) electrons. The van der Waals surface area contributed by atoms with Gasteiger partial charge in [0.25, 0.3) is 5.60 Å². The molecule has 0 heterocycles. The lowest BCUT2D eigenvalue weighted by Gasteiger charge is -2.28. The summed E-state index contributed by atoms with van der Waals surface area (Å²) in [4.78, 5) is 11.5. The van der Waals surface area contributed by atoms with E-state index in [2.05, 4.69) is 11.3 Å². The first kappa shape index (κ1) is 17.5. The van der Waals surface area contributed by atoms with Crippen molar-refractivity contribution in [3.05, 3.63) is 41.4 Å². The molecule has 1 atom stereocenters. The summed E-state index contributed by atoms with van der Waals surface area (Å²) in [6, 6.07) is 5.84. The second kappa shape index (κ2) is 6.49. The third-order valence-corrected chi connectivity index (χ3v) is 3.06. The number of hydrogen-bond donors (Lipinski definition) is 1. The van der Waals surface area contributed by atoms with Crippen LogP contribution >= 0.6 is 11.6 Å². The molecule has 0 spiro atoms. The molecule has 0 unspecified atom stereocenters. The van der Waals surface area contributed by atoms with Crippen LogP contribution in [0.25, 0.3) is 5.57 Å². The average Bonchev–Trinajstić information content (AvgIpc) is 2.38. The van der Waals surface area contributed by atoms with Crippen molar-refractivity contribution in [1.82, 2.24) is 0 Å². The van der Waals surface area contributed by atoms with Crippen molar-refractivity contribution in [3.63, 3.8) is 0 Å². The maximum atomic E-state index is 13.0. The summed E-state index contributed by atoms with van der Waals surface area (Å²) in [6.07, 6.45) is -6.19. The monoisotopic (exact) mass is 322 g/mol. The first-order valence-corrected chi connectivity index (χ1v) is 6.39. The summed E-state index contributed by atoms with van der Waals surface area (Å²) in [5.74, 6) is -1.74. The van der Waals surface area contributed by atoms with Crippen molar-refractivity contribution in [2.45, 2.75) is 25.1 Å². The van der Waals surface area contributed by atoms with Gasteiger partial charge < -0.3 is 9.84 Å². The van der Waals surface area contributed by atoms with E-state index in [0.717, 1.165) is 0 Å². The molecule has 0 bridgehead atoms. The number of esters is 1. The maximum Gasteiger partial charge on any atom is 0.428 e. The number of rotatable bonds is 5. The van der Waals surface area contributed by atoms with Crippen LogP contribution in [-0.2, 0) is 9.53 Å². The second-order valence-electron chi connectivity index (χ2n) is 4.37. The number of aliphatic hydroxyl groups is 1. The zero-order valence-corrected chi connectivity index (χ0v) is 12.0. The van der Waals surface area contributed by atoms with E-state index in [1.165, 1.54) is 31.2 Å². The van der Waals surface area contributed by atoms with Crippen molar-refractivity contribution in [2.24, 2.45) is 0 Å². The molecular formula is C14H14ClF3O3. The molecule has 0 saturated heterocycles. The van der Waals surface area contributed by atoms with Gasteiger partial charge in [0.2, 0.25) is 0 Å². The molecule has 0 fully saturated rings. The lowest BCUT2D eigenvalue weighted by Crippen LogP contribution is -2.53. The first-order valence-electron chi connectivity index (χ1n) is 6.02. The third-order valence-electron chi connectivity index (χ3n) is 2.80. The molecular weight excluding hydrogens is 309 g/mol. The lowest BCUT2D eigenvalue weighted by atomic mass is 9.91. The largest absolute Gasteiger partial charge is 0.464 e. The summed E-state index contributed by atoms with van der Waals surface area (Å²) in [5, 5.41) is 10.2. The molecule has 0 aliphatic carbocycles. The topological polar surface area (TPSA) is 46.5 Å². The van der Waals surface area contributed by atoms with E-state index >= 15 is 0 Å². The van der Waals surface area contributed by atoms with E-state index in [1.54, 1.807) is 0 Å². The maximum absolute atomic E-state index is 13.0. The van der Waals surface area contributed by atoms with Crippen LogP contribution in [0.2, 0.25) is 5.02 Å². The molecule has 0 aliphatic rings. The van der Waals surface area contributed by atoms with E-state index in [9.17, 15) is 23.1 Å². The van der Waals surface area contributed by atoms with Gasteiger partial charge in [-0.05, 0) is 30.2 Å². The Kier molecular flexibility index (Phi) is 5.42. The number of carbonyl (C=O) groups is 1. The van der Waals surface area contributed by atoms with Crippen LogP contribution in [0.15, 0.2) is 30.8 Å². The van der Waals surface area contributed by atoms with E-state index in [0.29, 0.717) is 10.6 Å². The molecule has 0 aliphatic heterocycles. The molecule has 0 aromatic heterocycles. The van der Waals surface area contributed by atoms with Crippen LogP contribution in [-0.4, -0.2) is 29.5 Å². The summed E-state index contributed by atoms with van der Waals surface area (Å²) in [5.41, 5.74) is -3.34. The highest BCUT2D eigenvalue weighted by Crippen LogP contribution is 2.38. The van der Waals surface area contributed by atoms with Gasteiger partial charge in [0, 0.05) is 11.4 Å². The number of halogens is 4. The Balaban J connectivity index is 3.04. The fraction of sp³-hybridized carbons (Fsp3) is 0.357. The minimum atomic E-state index is -5.17. The summed E-state index contributed by atoms with van der Waals surface area (Å²) >= 11 is 5.68. The Hall–Kier alpha value is -1.53. The molecule has 0 amide bonds. The zero-order chi connectivity index (χ0) is 16.3. The van der Waals surface area contributed by atoms with Crippen molar-refractivity contribution < 1.29 is 27.8 Å². The minimum Gasteiger partial charge on any atom is -0.464 e. The molecule has 21 heavy (non-hydrogen) atoms. The van der Waals surface area contributed by atoms with Crippen molar-refractivity contribution in [1.29, 1.82) is 0 Å². The van der Waals surface area contributed by atoms with E-state index in [-0.39, 0.29) is 12.2 Å². The van der Waals surface area contributed by atoms with Crippen LogP contribution in [0.1, 0.15) is 18.9 Å². The predicted molar refractivity (Wildman–Crippen MR) is 72.7 cm³/mol. The Bertz CT molecular complexity index is 525. The van der Waals surface area contributed by atoms with Crippen molar-refractivity contribution in [2.75, 3.05) is 6.61 Å². The summed E-state index contributed by atoms with van der Waals surface area (Å²) in [6.45, 7) is 4.56. The van der Waals surface area contributed by atoms with Gasteiger partial charge in [-0.25, -0.2) is 4.79 Å². The lowest BCUT2D eigenvalue weighted by molar-refractivity contribution is -0.260. The Morgan fingerprint density at radius 1 is 1.33 bits per heavy atom. The Morgan fingerprint density at radius 2 is 1.86 bits per heavy atom. The normalized spacial score (nSPS) is 14.4. The minimum absolute atomic E-state index is 0.0560. The van der Waals surface area contributed by atoms with Gasteiger partial charge in [-0.2, -0.15) is 13.2 Å². The summed E-state index contributed by atoms with van der Waals surface area (Å²) in [7, 11) is 0. The number of alkyl halides is 3. The molecule has 3 nitrogen and oxygen atoms in total. The highest BCUT2D eigenvalue weighted by molar-refractivity contribution is 6.30. The standard InChI is InChI=1S/C14H14ClF3O3/c1-3-21-12(19)13(20,14(16,17)18)8-9(2)10-4-6-11(15)7-5-10/h4-7,20H,2-3,8H2,1H3/t13-/m1/s1. The van der Waals surface area contributed by atoms with Crippen LogP contribution in [0.4, 0.5) is 13.2 Å².